The van der Waals surface area contributed by atoms with Crippen LogP contribution in [-0.4, -0.2) is 7.11 Å². The van der Waals surface area contributed by atoms with E-state index in [0.29, 0.717) is 10.2 Å². The fourth-order valence-electron chi connectivity index (χ4n) is 2.20. The predicted octanol–water partition coefficient (Wildman–Crippen LogP) is 5.70. The average molecular weight is 402 g/mol. The van der Waals surface area contributed by atoms with Gasteiger partial charge in [0.05, 0.1) is 16.4 Å². The van der Waals surface area contributed by atoms with Crippen LogP contribution in [0.15, 0.2) is 34.8 Å². The normalized spacial score (nSPS) is 12.3. The highest BCUT2D eigenvalue weighted by molar-refractivity contribution is 9.10. The summed E-state index contributed by atoms with van der Waals surface area (Å²) in [6.45, 7) is 4.14. The van der Waals surface area contributed by atoms with E-state index in [0.717, 1.165) is 11.1 Å². The molecule has 0 aromatic heterocycles. The molecule has 0 bridgehead atoms. The minimum Gasteiger partial charge on any atom is -0.496 e. The molecule has 0 aliphatic carbocycles. The maximum Gasteiger partial charge on any atom is 0.141 e. The molecule has 0 heterocycles. The summed E-state index contributed by atoms with van der Waals surface area (Å²) in [6, 6.07) is 9.45. The molecule has 2 aromatic rings. The van der Waals surface area contributed by atoms with Crippen molar-refractivity contribution in [3.05, 3.63) is 62.9 Å². The zero-order valence-electron chi connectivity index (χ0n) is 11.5. The van der Waals surface area contributed by atoms with Crippen LogP contribution >= 0.6 is 31.9 Å². The molecular weight excluding hydrogens is 387 g/mol. The molecule has 2 rings (SSSR count). The van der Waals surface area contributed by atoms with Crippen LogP contribution < -0.4 is 4.74 Å². The summed E-state index contributed by atoms with van der Waals surface area (Å²) in [6.07, 6.45) is 0. The highest BCUT2D eigenvalue weighted by atomic mass is 79.9. The van der Waals surface area contributed by atoms with Crippen LogP contribution in [0.2, 0.25) is 0 Å². The first kappa shape index (κ1) is 15.5. The van der Waals surface area contributed by atoms with Crippen molar-refractivity contribution < 1.29 is 9.13 Å². The van der Waals surface area contributed by atoms with Gasteiger partial charge in [0.25, 0.3) is 0 Å². The van der Waals surface area contributed by atoms with E-state index in [9.17, 15) is 4.39 Å². The fraction of sp³-hybridized carbons (Fsp3) is 0.250. The van der Waals surface area contributed by atoms with Gasteiger partial charge >= 0.3 is 0 Å². The Morgan fingerprint density at radius 1 is 1.10 bits per heavy atom. The number of hydrogen-bond acceptors (Lipinski definition) is 1. The van der Waals surface area contributed by atoms with Crippen LogP contribution in [0, 0.1) is 19.7 Å². The molecule has 0 saturated carbocycles. The summed E-state index contributed by atoms with van der Waals surface area (Å²) in [4.78, 5) is -0.0463. The lowest BCUT2D eigenvalue weighted by Gasteiger charge is -2.18. The van der Waals surface area contributed by atoms with Crippen molar-refractivity contribution in [1.29, 1.82) is 0 Å². The van der Waals surface area contributed by atoms with Crippen LogP contribution in [-0.2, 0) is 0 Å². The van der Waals surface area contributed by atoms with E-state index in [2.05, 4.69) is 63.9 Å². The Kier molecular flexibility index (Phi) is 4.86. The molecule has 0 spiro atoms. The predicted molar refractivity (Wildman–Crippen MR) is 87.3 cm³/mol. The van der Waals surface area contributed by atoms with Gasteiger partial charge in [-0.25, -0.2) is 4.39 Å². The number of methoxy groups -OCH3 is 1. The van der Waals surface area contributed by atoms with Gasteiger partial charge in [-0.15, -0.1) is 0 Å². The maximum absolute atomic E-state index is 13.6. The highest BCUT2D eigenvalue weighted by Crippen LogP contribution is 2.40. The summed E-state index contributed by atoms with van der Waals surface area (Å²) in [5, 5.41) is 0. The first-order valence-corrected chi connectivity index (χ1v) is 7.89. The highest BCUT2D eigenvalue weighted by Gasteiger charge is 2.19. The monoisotopic (exact) mass is 400 g/mol. The smallest absolute Gasteiger partial charge is 0.141 e. The zero-order chi connectivity index (χ0) is 14.9. The van der Waals surface area contributed by atoms with E-state index >= 15 is 0 Å². The Morgan fingerprint density at radius 2 is 1.80 bits per heavy atom. The SMILES string of the molecule is COc1cc(F)c(Br)cc1C(Br)c1ccc(C)cc1C. The van der Waals surface area contributed by atoms with Gasteiger partial charge < -0.3 is 4.74 Å². The molecule has 0 aliphatic heterocycles. The lowest BCUT2D eigenvalue weighted by atomic mass is 9.98. The lowest BCUT2D eigenvalue weighted by molar-refractivity contribution is 0.406. The molecule has 0 amide bonds. The minimum absolute atomic E-state index is 0.0463. The number of ether oxygens (including phenoxy) is 1. The number of halogens is 3. The first-order chi connectivity index (χ1) is 9.43. The lowest BCUT2D eigenvalue weighted by Crippen LogP contribution is -2.00. The first-order valence-electron chi connectivity index (χ1n) is 6.18. The van der Waals surface area contributed by atoms with E-state index < -0.39 is 0 Å². The third-order valence-corrected chi connectivity index (χ3v) is 4.84. The fourth-order valence-corrected chi connectivity index (χ4v) is 3.43. The summed E-state index contributed by atoms with van der Waals surface area (Å²) in [7, 11) is 1.55. The summed E-state index contributed by atoms with van der Waals surface area (Å²) < 4.78 is 19.3. The second-order valence-corrected chi connectivity index (χ2v) is 6.50. The van der Waals surface area contributed by atoms with E-state index in [-0.39, 0.29) is 10.6 Å². The maximum atomic E-state index is 13.6. The molecule has 0 fully saturated rings. The molecule has 0 aliphatic rings. The number of rotatable bonds is 3. The molecular formula is C16H15Br2FO. The van der Waals surface area contributed by atoms with Crippen LogP contribution in [0.5, 0.6) is 5.75 Å². The quantitative estimate of drug-likeness (QED) is 0.599. The molecule has 1 atom stereocenters. The zero-order valence-corrected chi connectivity index (χ0v) is 14.7. The number of alkyl halides is 1. The van der Waals surface area contributed by atoms with Crippen molar-refractivity contribution in [1.82, 2.24) is 0 Å². The Hall–Kier alpha value is -0.870. The molecule has 106 valence electrons. The van der Waals surface area contributed by atoms with Crippen molar-refractivity contribution >= 4 is 31.9 Å². The van der Waals surface area contributed by atoms with Crippen molar-refractivity contribution in [3.8, 4) is 5.75 Å². The molecule has 0 N–H and O–H groups in total. The van der Waals surface area contributed by atoms with Crippen LogP contribution in [0.25, 0.3) is 0 Å². The molecule has 20 heavy (non-hydrogen) atoms. The van der Waals surface area contributed by atoms with E-state index in [4.69, 9.17) is 4.74 Å². The van der Waals surface area contributed by atoms with Gasteiger partial charge in [-0.1, -0.05) is 39.7 Å². The van der Waals surface area contributed by atoms with Crippen molar-refractivity contribution in [3.63, 3.8) is 0 Å². The third-order valence-electron chi connectivity index (χ3n) is 3.24. The van der Waals surface area contributed by atoms with Crippen molar-refractivity contribution in [2.75, 3.05) is 7.11 Å². The Labute approximate surface area is 135 Å². The van der Waals surface area contributed by atoms with Gasteiger partial charge in [0.1, 0.15) is 11.6 Å². The Morgan fingerprint density at radius 3 is 2.40 bits per heavy atom. The van der Waals surface area contributed by atoms with Gasteiger partial charge in [0, 0.05) is 11.6 Å². The topological polar surface area (TPSA) is 9.23 Å². The van der Waals surface area contributed by atoms with E-state index in [1.54, 1.807) is 13.2 Å². The third kappa shape index (κ3) is 3.07. The second-order valence-electron chi connectivity index (χ2n) is 4.73. The number of hydrogen-bond donors (Lipinski definition) is 0. The van der Waals surface area contributed by atoms with Gasteiger partial charge in [0.2, 0.25) is 0 Å². The van der Waals surface area contributed by atoms with E-state index in [1.165, 1.54) is 17.2 Å². The largest absolute Gasteiger partial charge is 0.496 e. The number of aryl methyl sites for hydroxylation is 2. The van der Waals surface area contributed by atoms with Crippen LogP contribution in [0.3, 0.4) is 0 Å². The molecule has 0 radical (unpaired) electrons. The number of benzene rings is 2. The van der Waals surface area contributed by atoms with E-state index in [1.807, 2.05) is 0 Å². The molecule has 4 heteroatoms. The Balaban J connectivity index is 2.52. The van der Waals surface area contributed by atoms with Crippen LogP contribution in [0.1, 0.15) is 27.1 Å². The van der Waals surface area contributed by atoms with Gasteiger partial charge in [-0.3, -0.25) is 0 Å². The van der Waals surface area contributed by atoms with Crippen molar-refractivity contribution in [2.24, 2.45) is 0 Å². The van der Waals surface area contributed by atoms with Gasteiger partial charge in [-0.2, -0.15) is 0 Å². The standard InChI is InChI=1S/C16H15Br2FO/c1-9-4-5-11(10(2)6-9)16(18)12-7-13(17)14(19)8-15(12)20-3/h4-8,16H,1-3H3. The summed E-state index contributed by atoms with van der Waals surface area (Å²) in [5.74, 6) is 0.207. The molecule has 0 saturated heterocycles. The summed E-state index contributed by atoms with van der Waals surface area (Å²) >= 11 is 6.93. The second kappa shape index (κ2) is 6.27. The summed E-state index contributed by atoms with van der Waals surface area (Å²) in [5.41, 5.74) is 4.45. The average Bonchev–Trinajstić information content (AvgIpc) is 2.40. The van der Waals surface area contributed by atoms with Gasteiger partial charge in [0.15, 0.2) is 0 Å². The van der Waals surface area contributed by atoms with Crippen LogP contribution in [0.4, 0.5) is 4.39 Å². The Bertz CT molecular complexity index is 641. The minimum atomic E-state index is -0.328. The molecule has 2 aromatic carbocycles. The molecule has 1 nitrogen and oxygen atoms in total. The molecule has 1 unspecified atom stereocenters. The van der Waals surface area contributed by atoms with Crippen molar-refractivity contribution in [2.45, 2.75) is 18.7 Å². The van der Waals surface area contributed by atoms with Gasteiger partial charge in [-0.05, 0) is 47.0 Å².